The zero-order valence-corrected chi connectivity index (χ0v) is 27.5. The zero-order valence-electron chi connectivity index (χ0n) is 27.5. The van der Waals surface area contributed by atoms with Crippen LogP contribution in [-0.4, -0.2) is 40.6 Å². The average Bonchev–Trinajstić information content (AvgIpc) is 3.29. The molecule has 5 heteroatoms. The van der Waals surface area contributed by atoms with Crippen LogP contribution in [0, 0.1) is 13.8 Å². The fraction of sp³-hybridized carbons (Fsp3) is 0.450. The Balaban J connectivity index is 1.18. The first-order valence-corrected chi connectivity index (χ1v) is 16.9. The van der Waals surface area contributed by atoms with Gasteiger partial charge in [0, 0.05) is 12.0 Å². The summed E-state index contributed by atoms with van der Waals surface area (Å²) in [6.07, 6.45) is 13.7. The summed E-state index contributed by atoms with van der Waals surface area (Å²) in [6.45, 7) is 9.87. The van der Waals surface area contributed by atoms with E-state index in [0.717, 1.165) is 69.1 Å². The highest BCUT2D eigenvalue weighted by Gasteiger charge is 2.34. The quantitative estimate of drug-likeness (QED) is 0.156. The third-order valence-electron chi connectivity index (χ3n) is 10.2. The second-order valence-corrected chi connectivity index (χ2v) is 13.1. The molecule has 1 heterocycles. The maximum atomic E-state index is 12.6. The van der Waals surface area contributed by atoms with Crippen LogP contribution in [-0.2, 0) is 5.41 Å². The van der Waals surface area contributed by atoms with Gasteiger partial charge in [-0.15, -0.1) is 0 Å². The van der Waals surface area contributed by atoms with Crippen LogP contribution in [0.25, 0.3) is 6.08 Å². The van der Waals surface area contributed by atoms with Gasteiger partial charge in [-0.25, -0.2) is 0 Å². The van der Waals surface area contributed by atoms with Gasteiger partial charge in [-0.3, -0.25) is 14.5 Å². The molecule has 0 bridgehead atoms. The SMILES string of the molecule is CCC(CC)(c1ccc(/C=C/C2(O)CCCCC2)c(C)c1)c1ccc(OCCCCCN2C(=O)c3ccccc3C2=O)c(C)c1. The number of hydrogen-bond donors (Lipinski definition) is 1. The number of amides is 2. The number of nitrogens with zero attached hydrogens (tertiary/aromatic N) is 1. The van der Waals surface area contributed by atoms with Crippen molar-refractivity contribution in [1.29, 1.82) is 0 Å². The molecule has 0 radical (unpaired) electrons. The van der Waals surface area contributed by atoms with Crippen molar-refractivity contribution >= 4 is 17.9 Å². The van der Waals surface area contributed by atoms with Crippen molar-refractivity contribution in [3.63, 3.8) is 0 Å². The van der Waals surface area contributed by atoms with Crippen LogP contribution < -0.4 is 4.74 Å². The molecule has 1 fully saturated rings. The number of aryl methyl sites for hydroxylation is 2. The molecular formula is C40H49NO4. The van der Waals surface area contributed by atoms with Crippen molar-refractivity contribution < 1.29 is 19.4 Å². The lowest BCUT2D eigenvalue weighted by Gasteiger charge is -2.34. The summed E-state index contributed by atoms with van der Waals surface area (Å²) in [5.74, 6) is 0.530. The summed E-state index contributed by atoms with van der Waals surface area (Å²) in [6, 6.07) is 20.5. The molecule has 2 aliphatic rings. The van der Waals surface area contributed by atoms with Crippen molar-refractivity contribution in [3.05, 3.63) is 106 Å². The molecule has 0 spiro atoms. The Morgan fingerprint density at radius 3 is 2.04 bits per heavy atom. The van der Waals surface area contributed by atoms with Crippen LogP contribution in [0.2, 0.25) is 0 Å². The predicted molar refractivity (Wildman–Crippen MR) is 182 cm³/mol. The predicted octanol–water partition coefficient (Wildman–Crippen LogP) is 8.96. The van der Waals surface area contributed by atoms with Crippen LogP contribution in [0.5, 0.6) is 5.75 Å². The number of unbranched alkanes of at least 4 members (excludes halogenated alkanes) is 2. The highest BCUT2D eigenvalue weighted by molar-refractivity contribution is 6.21. The lowest BCUT2D eigenvalue weighted by molar-refractivity contribution is 0.0521. The Kier molecular flexibility index (Phi) is 10.3. The molecule has 3 aromatic rings. The summed E-state index contributed by atoms with van der Waals surface area (Å²) in [7, 11) is 0. The van der Waals surface area contributed by atoms with Crippen LogP contribution in [0.4, 0.5) is 0 Å². The van der Waals surface area contributed by atoms with Crippen molar-refractivity contribution in [2.75, 3.05) is 13.2 Å². The minimum Gasteiger partial charge on any atom is -0.493 e. The highest BCUT2D eigenvalue weighted by Crippen LogP contribution is 2.41. The lowest BCUT2D eigenvalue weighted by atomic mass is 9.70. The summed E-state index contributed by atoms with van der Waals surface area (Å²) in [4.78, 5) is 26.5. The summed E-state index contributed by atoms with van der Waals surface area (Å²) in [5, 5.41) is 10.9. The van der Waals surface area contributed by atoms with Gasteiger partial charge in [0.25, 0.3) is 11.8 Å². The molecule has 238 valence electrons. The molecule has 0 atom stereocenters. The number of carbonyl (C=O) groups is 2. The number of hydrogen-bond acceptors (Lipinski definition) is 4. The smallest absolute Gasteiger partial charge is 0.261 e. The van der Waals surface area contributed by atoms with Gasteiger partial charge in [0.05, 0.1) is 23.3 Å². The van der Waals surface area contributed by atoms with Gasteiger partial charge in [-0.2, -0.15) is 0 Å². The third kappa shape index (κ3) is 6.94. The fourth-order valence-corrected chi connectivity index (χ4v) is 7.25. The zero-order chi connectivity index (χ0) is 32.0. The molecule has 0 saturated heterocycles. The van der Waals surface area contributed by atoms with Crippen molar-refractivity contribution in [2.24, 2.45) is 0 Å². The first-order chi connectivity index (χ1) is 21.7. The molecule has 3 aromatic carbocycles. The Hall–Kier alpha value is -3.70. The number of fused-ring (bicyclic) bond motifs is 1. The van der Waals surface area contributed by atoms with Gasteiger partial charge in [-0.1, -0.05) is 87.7 Å². The maximum absolute atomic E-state index is 12.6. The topological polar surface area (TPSA) is 66.8 Å². The molecule has 1 saturated carbocycles. The van der Waals surface area contributed by atoms with Gasteiger partial charge in [0.15, 0.2) is 0 Å². The van der Waals surface area contributed by atoms with E-state index in [1.54, 1.807) is 24.3 Å². The minimum atomic E-state index is -0.664. The number of imide groups is 1. The molecule has 1 N–H and O–H groups in total. The first kappa shape index (κ1) is 32.7. The van der Waals surface area contributed by atoms with Crippen LogP contribution in [0.15, 0.2) is 66.7 Å². The number of carbonyl (C=O) groups excluding carboxylic acids is 2. The van der Waals surface area contributed by atoms with Gasteiger partial charge >= 0.3 is 0 Å². The normalized spacial score (nSPS) is 16.4. The van der Waals surface area contributed by atoms with Crippen molar-refractivity contribution in [2.45, 2.75) is 103 Å². The molecular weight excluding hydrogens is 558 g/mol. The van der Waals surface area contributed by atoms with E-state index >= 15 is 0 Å². The van der Waals surface area contributed by atoms with E-state index in [-0.39, 0.29) is 17.2 Å². The van der Waals surface area contributed by atoms with E-state index in [1.807, 2.05) is 6.08 Å². The fourth-order valence-electron chi connectivity index (χ4n) is 7.25. The molecule has 0 aromatic heterocycles. The molecule has 5 nitrogen and oxygen atoms in total. The minimum absolute atomic E-state index is 0.0953. The number of aliphatic hydroxyl groups is 1. The first-order valence-electron chi connectivity index (χ1n) is 16.9. The molecule has 2 amide bonds. The van der Waals surface area contributed by atoms with Crippen LogP contribution >= 0.6 is 0 Å². The Morgan fingerprint density at radius 2 is 1.44 bits per heavy atom. The van der Waals surface area contributed by atoms with Crippen LogP contribution in [0.3, 0.4) is 0 Å². The Labute approximate surface area is 269 Å². The summed E-state index contributed by atoms with van der Waals surface area (Å²) in [5.41, 5.74) is 6.41. The van der Waals surface area contributed by atoms with E-state index in [1.165, 1.54) is 33.6 Å². The molecule has 1 aliphatic heterocycles. The van der Waals surface area contributed by atoms with E-state index in [0.29, 0.717) is 24.3 Å². The van der Waals surface area contributed by atoms with E-state index in [2.05, 4.69) is 70.2 Å². The third-order valence-corrected chi connectivity index (χ3v) is 10.2. The largest absolute Gasteiger partial charge is 0.493 e. The van der Waals surface area contributed by atoms with Gasteiger partial charge < -0.3 is 9.84 Å². The van der Waals surface area contributed by atoms with E-state index < -0.39 is 5.60 Å². The number of rotatable bonds is 13. The van der Waals surface area contributed by atoms with Gasteiger partial charge in [-0.05, 0) is 105 Å². The Morgan fingerprint density at radius 1 is 0.822 bits per heavy atom. The summed E-state index contributed by atoms with van der Waals surface area (Å²) >= 11 is 0. The van der Waals surface area contributed by atoms with Crippen molar-refractivity contribution in [1.82, 2.24) is 4.90 Å². The number of benzene rings is 3. The highest BCUT2D eigenvalue weighted by atomic mass is 16.5. The van der Waals surface area contributed by atoms with Gasteiger partial charge in [0.2, 0.25) is 0 Å². The molecule has 1 aliphatic carbocycles. The Bertz CT molecular complexity index is 1510. The van der Waals surface area contributed by atoms with E-state index in [4.69, 9.17) is 4.74 Å². The standard InChI is InChI=1S/C40H49NO4/c1-5-40(6-2,32-18-17-31(29(3)27-32)21-24-39(44)22-11-7-12-23-39)33-19-20-36(30(4)28-33)45-26-14-8-13-25-41-37(42)34-15-9-10-16-35(34)38(41)43/h9-10,15-21,24,27-28,44H,5-8,11-14,22-23,25-26H2,1-4H3/b24-21+. The second kappa shape index (κ2) is 14.2. The average molecular weight is 608 g/mol. The van der Waals surface area contributed by atoms with Crippen LogP contribution in [0.1, 0.15) is 127 Å². The maximum Gasteiger partial charge on any atom is 0.261 e. The lowest BCUT2D eigenvalue weighted by Crippen LogP contribution is -2.30. The van der Waals surface area contributed by atoms with Gasteiger partial charge in [0.1, 0.15) is 5.75 Å². The second-order valence-electron chi connectivity index (χ2n) is 13.1. The van der Waals surface area contributed by atoms with Crippen molar-refractivity contribution in [3.8, 4) is 5.75 Å². The number of ether oxygens (including phenoxy) is 1. The molecule has 45 heavy (non-hydrogen) atoms. The van der Waals surface area contributed by atoms with E-state index in [9.17, 15) is 14.7 Å². The molecule has 5 rings (SSSR count). The molecule has 0 unspecified atom stereocenters. The summed E-state index contributed by atoms with van der Waals surface area (Å²) < 4.78 is 6.19. The monoisotopic (exact) mass is 607 g/mol.